The van der Waals surface area contributed by atoms with Gasteiger partial charge in [0.25, 0.3) is 10.0 Å². The molecule has 0 bridgehead atoms. The maximum absolute atomic E-state index is 12.1. The summed E-state index contributed by atoms with van der Waals surface area (Å²) in [6.07, 6.45) is 1.29. The topological polar surface area (TPSA) is 97.2 Å². The van der Waals surface area contributed by atoms with Crippen LogP contribution in [0.25, 0.3) is 0 Å². The van der Waals surface area contributed by atoms with Crippen LogP contribution in [0, 0.1) is 6.92 Å². The SMILES string of the molecule is COc1cc(C=NNS(=O)(=O)c2ccc(C)cc2)cc(OC)c1O. The Bertz CT molecular complexity index is 820. The van der Waals surface area contributed by atoms with Crippen LogP contribution in [0.2, 0.25) is 0 Å². The Labute approximate surface area is 140 Å². The maximum Gasteiger partial charge on any atom is 0.276 e. The second-order valence-electron chi connectivity index (χ2n) is 4.94. The van der Waals surface area contributed by atoms with E-state index in [0.29, 0.717) is 5.56 Å². The first-order valence-corrected chi connectivity index (χ1v) is 8.42. The molecule has 0 saturated heterocycles. The Morgan fingerprint density at radius 2 is 1.62 bits per heavy atom. The number of rotatable bonds is 6. The number of aryl methyl sites for hydroxylation is 1. The fourth-order valence-electron chi connectivity index (χ4n) is 1.93. The van der Waals surface area contributed by atoms with Crippen LogP contribution in [0.3, 0.4) is 0 Å². The van der Waals surface area contributed by atoms with Gasteiger partial charge in [-0.05, 0) is 31.2 Å². The number of benzene rings is 2. The summed E-state index contributed by atoms with van der Waals surface area (Å²) in [6.45, 7) is 1.87. The molecule has 0 saturated carbocycles. The van der Waals surface area contributed by atoms with Crippen LogP contribution in [0.5, 0.6) is 17.2 Å². The number of hydrogen-bond donors (Lipinski definition) is 2. The van der Waals surface area contributed by atoms with Gasteiger partial charge in [-0.2, -0.15) is 13.5 Å². The zero-order valence-electron chi connectivity index (χ0n) is 13.5. The van der Waals surface area contributed by atoms with Crippen molar-refractivity contribution in [2.75, 3.05) is 14.2 Å². The number of ether oxygens (including phenoxy) is 2. The summed E-state index contributed by atoms with van der Waals surface area (Å²) in [4.78, 5) is 2.25. The van der Waals surface area contributed by atoms with Crippen molar-refractivity contribution in [3.05, 3.63) is 47.5 Å². The van der Waals surface area contributed by atoms with E-state index in [2.05, 4.69) is 9.93 Å². The van der Waals surface area contributed by atoms with Crippen LogP contribution in [-0.4, -0.2) is 34.0 Å². The van der Waals surface area contributed by atoms with Gasteiger partial charge in [0.2, 0.25) is 5.75 Å². The van der Waals surface area contributed by atoms with Crippen LogP contribution in [0.1, 0.15) is 11.1 Å². The number of hydrogen-bond acceptors (Lipinski definition) is 6. The van der Waals surface area contributed by atoms with Crippen molar-refractivity contribution in [2.45, 2.75) is 11.8 Å². The molecule has 7 nitrogen and oxygen atoms in total. The number of phenols is 1. The third kappa shape index (κ3) is 3.96. The molecule has 0 fully saturated rings. The van der Waals surface area contributed by atoms with Crippen LogP contribution < -0.4 is 14.3 Å². The average Bonchev–Trinajstić information content (AvgIpc) is 2.56. The predicted molar refractivity (Wildman–Crippen MR) is 90.3 cm³/mol. The molecule has 0 aliphatic heterocycles. The van der Waals surface area contributed by atoms with Crippen LogP contribution in [0.15, 0.2) is 46.4 Å². The van der Waals surface area contributed by atoms with Gasteiger partial charge in [0.05, 0.1) is 25.3 Å². The third-order valence-corrected chi connectivity index (χ3v) is 4.46. The minimum Gasteiger partial charge on any atom is -0.502 e. The number of sulfonamides is 1. The molecule has 0 heterocycles. The first-order valence-electron chi connectivity index (χ1n) is 6.94. The number of methoxy groups -OCH3 is 2. The summed E-state index contributed by atoms with van der Waals surface area (Å²) >= 11 is 0. The molecule has 0 aliphatic carbocycles. The molecule has 8 heteroatoms. The number of phenolic OH excluding ortho intramolecular Hbond substituents is 1. The second-order valence-corrected chi connectivity index (χ2v) is 6.60. The lowest BCUT2D eigenvalue weighted by Crippen LogP contribution is -2.18. The fraction of sp³-hybridized carbons (Fsp3) is 0.188. The minimum atomic E-state index is -3.75. The molecule has 0 aromatic heterocycles. The Balaban J connectivity index is 2.21. The zero-order valence-corrected chi connectivity index (χ0v) is 14.3. The number of nitrogens with zero attached hydrogens (tertiary/aromatic N) is 1. The van der Waals surface area contributed by atoms with E-state index in [1.807, 2.05) is 6.92 Å². The van der Waals surface area contributed by atoms with Crippen molar-refractivity contribution in [3.8, 4) is 17.2 Å². The fourth-order valence-corrected chi connectivity index (χ4v) is 2.72. The minimum absolute atomic E-state index is 0.117. The summed E-state index contributed by atoms with van der Waals surface area (Å²) < 4.78 is 34.3. The molecule has 0 unspecified atom stereocenters. The van der Waals surface area contributed by atoms with Crippen molar-refractivity contribution < 1.29 is 23.0 Å². The predicted octanol–water partition coefficient (Wildman–Crippen LogP) is 2.03. The molecule has 0 atom stereocenters. The van der Waals surface area contributed by atoms with Gasteiger partial charge in [0, 0.05) is 5.56 Å². The number of hydrazone groups is 1. The highest BCUT2D eigenvalue weighted by Gasteiger charge is 2.13. The average molecular weight is 350 g/mol. The third-order valence-electron chi connectivity index (χ3n) is 3.22. The van der Waals surface area contributed by atoms with Crippen LogP contribution in [0.4, 0.5) is 0 Å². The molecular formula is C16H18N2O5S. The highest BCUT2D eigenvalue weighted by Crippen LogP contribution is 2.36. The lowest BCUT2D eigenvalue weighted by atomic mass is 10.2. The van der Waals surface area contributed by atoms with Gasteiger partial charge in [0.1, 0.15) is 0 Å². The molecule has 0 radical (unpaired) electrons. The summed E-state index contributed by atoms with van der Waals surface area (Å²) in [5.41, 5.74) is 1.45. The molecule has 24 heavy (non-hydrogen) atoms. The molecule has 2 aromatic rings. The molecule has 0 amide bonds. The standard InChI is InChI=1S/C16H18N2O5S/c1-11-4-6-13(7-5-11)24(20,21)18-17-10-12-8-14(22-2)16(19)15(9-12)23-3/h4-10,18-19H,1-3H3. The Kier molecular flexibility index (Phi) is 5.30. The zero-order chi connectivity index (χ0) is 17.7. The molecule has 2 rings (SSSR count). The van der Waals surface area contributed by atoms with E-state index in [9.17, 15) is 13.5 Å². The first kappa shape index (κ1) is 17.6. The summed E-state index contributed by atoms with van der Waals surface area (Å²) in [6, 6.07) is 9.41. The normalized spacial score (nSPS) is 11.5. The van der Waals surface area contributed by atoms with Crippen molar-refractivity contribution in [1.29, 1.82) is 0 Å². The van der Waals surface area contributed by atoms with E-state index in [4.69, 9.17) is 9.47 Å². The van der Waals surface area contributed by atoms with Gasteiger partial charge in [0.15, 0.2) is 11.5 Å². The Hall–Kier alpha value is -2.74. The lowest BCUT2D eigenvalue weighted by Gasteiger charge is -2.09. The summed E-state index contributed by atoms with van der Waals surface area (Å²) in [7, 11) is -0.950. The van der Waals surface area contributed by atoms with Crippen molar-refractivity contribution in [1.82, 2.24) is 4.83 Å². The van der Waals surface area contributed by atoms with E-state index < -0.39 is 10.0 Å². The molecular weight excluding hydrogens is 332 g/mol. The first-order chi connectivity index (χ1) is 11.4. The van der Waals surface area contributed by atoms with Gasteiger partial charge in [-0.1, -0.05) is 17.7 Å². The highest BCUT2D eigenvalue weighted by molar-refractivity contribution is 7.89. The van der Waals surface area contributed by atoms with Crippen molar-refractivity contribution in [2.24, 2.45) is 5.10 Å². The Morgan fingerprint density at radius 3 is 2.12 bits per heavy atom. The van der Waals surface area contributed by atoms with Crippen LogP contribution >= 0.6 is 0 Å². The summed E-state index contributed by atoms with van der Waals surface area (Å²) in [5.74, 6) is 0.242. The van der Waals surface area contributed by atoms with Gasteiger partial charge < -0.3 is 14.6 Å². The van der Waals surface area contributed by atoms with Crippen LogP contribution in [-0.2, 0) is 10.0 Å². The molecule has 0 spiro atoms. The molecule has 2 aromatic carbocycles. The van der Waals surface area contributed by atoms with Gasteiger partial charge in [-0.25, -0.2) is 4.83 Å². The second kappa shape index (κ2) is 7.22. The lowest BCUT2D eigenvalue weighted by molar-refractivity contribution is 0.340. The number of aromatic hydroxyl groups is 1. The van der Waals surface area contributed by atoms with E-state index >= 15 is 0 Å². The van der Waals surface area contributed by atoms with Crippen molar-refractivity contribution >= 4 is 16.2 Å². The molecule has 2 N–H and O–H groups in total. The van der Waals surface area contributed by atoms with Gasteiger partial charge >= 0.3 is 0 Å². The monoisotopic (exact) mass is 350 g/mol. The van der Waals surface area contributed by atoms with E-state index in [-0.39, 0.29) is 22.1 Å². The Morgan fingerprint density at radius 1 is 1.08 bits per heavy atom. The van der Waals surface area contributed by atoms with E-state index in [1.165, 1.54) is 44.7 Å². The largest absolute Gasteiger partial charge is 0.502 e. The number of nitrogens with one attached hydrogen (secondary N) is 1. The van der Waals surface area contributed by atoms with Crippen molar-refractivity contribution in [3.63, 3.8) is 0 Å². The van der Waals surface area contributed by atoms with Gasteiger partial charge in [-0.3, -0.25) is 0 Å². The van der Waals surface area contributed by atoms with E-state index in [1.54, 1.807) is 12.1 Å². The van der Waals surface area contributed by atoms with E-state index in [0.717, 1.165) is 5.56 Å². The smallest absolute Gasteiger partial charge is 0.276 e. The van der Waals surface area contributed by atoms with Gasteiger partial charge in [-0.15, -0.1) is 0 Å². The maximum atomic E-state index is 12.1. The quantitative estimate of drug-likeness (QED) is 0.614. The molecule has 128 valence electrons. The summed E-state index contributed by atoms with van der Waals surface area (Å²) in [5, 5.41) is 13.6. The molecule has 0 aliphatic rings. The highest BCUT2D eigenvalue weighted by atomic mass is 32.2.